The number of nitrogens with zero attached hydrogens (tertiary/aromatic N) is 4. The maximum Gasteiger partial charge on any atom is 0.342 e. The molecule has 0 bridgehead atoms. The number of carbonyl (C=O) groups is 5. The maximum atomic E-state index is 12.4. The number of alkyl halides is 1. The zero-order valence-electron chi connectivity index (χ0n) is 21.4. The van der Waals surface area contributed by atoms with Crippen LogP contribution in [0.4, 0.5) is 9.18 Å². The molecule has 15 nitrogen and oxygen atoms in total. The quantitative estimate of drug-likeness (QED) is 0.0907. The Balaban J connectivity index is 1.80. The van der Waals surface area contributed by atoms with Crippen molar-refractivity contribution in [2.24, 2.45) is 0 Å². The number of unbranched alkanes of at least 4 members (excludes halogenated alkanes) is 1. The molecule has 1 heterocycles. The van der Waals surface area contributed by atoms with Crippen molar-refractivity contribution >= 4 is 29.8 Å². The highest BCUT2D eigenvalue weighted by Gasteiger charge is 2.31. The highest BCUT2D eigenvalue weighted by Crippen LogP contribution is 2.12. The van der Waals surface area contributed by atoms with Gasteiger partial charge in [-0.05, 0) is 62.8 Å². The number of benzene rings is 1. The molecular formula is C24H31FN6O9. The molecule has 0 aliphatic rings. The molecule has 2 aromatic rings. The molecule has 3 amide bonds. The number of carbonyl (C=O) groups excluding carboxylic acids is 2. The summed E-state index contributed by atoms with van der Waals surface area (Å²) in [5.41, 5.74) is 1.66. The number of urea groups is 1. The van der Waals surface area contributed by atoms with E-state index in [2.05, 4.69) is 15.6 Å². The lowest BCUT2D eigenvalue weighted by atomic mass is 10.1. The van der Waals surface area contributed by atoms with Crippen LogP contribution >= 0.6 is 0 Å². The lowest BCUT2D eigenvalue weighted by Gasteiger charge is -2.24. The number of carboxylic acids is 3. The van der Waals surface area contributed by atoms with Gasteiger partial charge in [0, 0.05) is 18.5 Å². The summed E-state index contributed by atoms with van der Waals surface area (Å²) in [4.78, 5) is 58.0. The first kappa shape index (κ1) is 31.6. The van der Waals surface area contributed by atoms with Gasteiger partial charge in [0.25, 0.3) is 5.91 Å². The van der Waals surface area contributed by atoms with Crippen molar-refractivity contribution in [3.05, 3.63) is 41.7 Å². The molecule has 0 aliphatic heterocycles. The average molecular weight is 567 g/mol. The summed E-state index contributed by atoms with van der Waals surface area (Å²) in [5.74, 6) is -4.76. The van der Waals surface area contributed by atoms with Crippen LogP contribution in [0.25, 0.3) is 5.69 Å². The number of rotatable bonds is 17. The number of aromatic nitrogens is 3. The molecule has 0 saturated carbocycles. The molecule has 0 fully saturated rings. The Kier molecular flexibility index (Phi) is 12.4. The van der Waals surface area contributed by atoms with Crippen LogP contribution < -0.4 is 10.6 Å². The molecule has 1 unspecified atom stereocenters. The van der Waals surface area contributed by atoms with Crippen molar-refractivity contribution in [2.75, 3.05) is 13.2 Å². The van der Waals surface area contributed by atoms with Gasteiger partial charge in [-0.25, -0.2) is 19.1 Å². The van der Waals surface area contributed by atoms with Gasteiger partial charge in [0.1, 0.15) is 6.04 Å². The number of carboxylic acid groups (broad SMARTS) is 3. The summed E-state index contributed by atoms with van der Waals surface area (Å²) in [5, 5.41) is 49.6. The van der Waals surface area contributed by atoms with Gasteiger partial charge in [-0.1, -0.05) is 5.21 Å². The highest BCUT2D eigenvalue weighted by atomic mass is 19.1. The smallest absolute Gasteiger partial charge is 0.342 e. The van der Waals surface area contributed by atoms with Crippen molar-refractivity contribution in [1.82, 2.24) is 30.7 Å². The predicted octanol–water partition coefficient (Wildman–Crippen LogP) is 1.24. The molecule has 2 rings (SSSR count). The molecule has 16 heteroatoms. The van der Waals surface area contributed by atoms with E-state index in [0.717, 1.165) is 0 Å². The summed E-state index contributed by atoms with van der Waals surface area (Å²) >= 11 is 0. The van der Waals surface area contributed by atoms with Crippen LogP contribution in [-0.2, 0) is 20.8 Å². The Hall–Kier alpha value is -4.60. The van der Waals surface area contributed by atoms with E-state index < -0.39 is 55.5 Å². The van der Waals surface area contributed by atoms with Crippen molar-refractivity contribution in [3.8, 4) is 5.69 Å². The van der Waals surface area contributed by atoms with Crippen LogP contribution in [0.5, 0.6) is 0 Å². The van der Waals surface area contributed by atoms with E-state index >= 15 is 0 Å². The van der Waals surface area contributed by atoms with Crippen molar-refractivity contribution in [1.29, 1.82) is 0 Å². The molecule has 40 heavy (non-hydrogen) atoms. The van der Waals surface area contributed by atoms with E-state index in [1.165, 1.54) is 4.68 Å². The normalized spacial score (nSPS) is 12.2. The van der Waals surface area contributed by atoms with Gasteiger partial charge in [-0.2, -0.15) is 5.06 Å². The summed E-state index contributed by atoms with van der Waals surface area (Å²) < 4.78 is 13.8. The number of nitrogens with one attached hydrogen (secondary N) is 2. The third-order valence-corrected chi connectivity index (χ3v) is 5.72. The maximum absolute atomic E-state index is 12.4. The van der Waals surface area contributed by atoms with E-state index in [4.69, 9.17) is 10.2 Å². The second kappa shape index (κ2) is 15.7. The van der Waals surface area contributed by atoms with Gasteiger partial charge in [-0.15, -0.1) is 5.10 Å². The third kappa shape index (κ3) is 9.94. The zero-order chi connectivity index (χ0) is 29.7. The molecule has 1 aromatic carbocycles. The Labute approximate surface area is 227 Å². The van der Waals surface area contributed by atoms with Crippen LogP contribution in [-0.4, -0.2) is 95.7 Å². The van der Waals surface area contributed by atoms with Crippen molar-refractivity contribution in [3.63, 3.8) is 0 Å². The van der Waals surface area contributed by atoms with Crippen LogP contribution in [0.2, 0.25) is 0 Å². The predicted molar refractivity (Wildman–Crippen MR) is 134 cm³/mol. The largest absolute Gasteiger partial charge is 0.481 e. The fraction of sp³-hybridized carbons (Fsp3) is 0.458. The molecule has 0 saturated heterocycles. The zero-order valence-corrected chi connectivity index (χ0v) is 21.4. The van der Waals surface area contributed by atoms with Gasteiger partial charge in [0.2, 0.25) is 0 Å². The second-order valence-corrected chi connectivity index (χ2v) is 8.72. The van der Waals surface area contributed by atoms with Crippen LogP contribution in [0.15, 0.2) is 30.5 Å². The number of amides is 3. The van der Waals surface area contributed by atoms with Gasteiger partial charge in [-0.3, -0.25) is 19.2 Å². The molecule has 6 N–H and O–H groups in total. The Bertz CT molecular complexity index is 1170. The van der Waals surface area contributed by atoms with E-state index in [9.17, 15) is 38.7 Å². The van der Waals surface area contributed by atoms with Gasteiger partial charge < -0.3 is 26.0 Å². The molecular weight excluding hydrogens is 535 g/mol. The Morgan fingerprint density at radius 1 is 0.975 bits per heavy atom. The first-order valence-electron chi connectivity index (χ1n) is 12.3. The van der Waals surface area contributed by atoms with E-state index in [-0.39, 0.29) is 30.4 Å². The van der Waals surface area contributed by atoms with Crippen molar-refractivity contribution in [2.45, 2.75) is 57.0 Å². The SMILES string of the molecule is O=C(O)CC[C@H](NC(=O)N(O)C(CCCCNC(=O)c1ccc(-n2cc(CCCF)nn2)cc1)C(=O)O)C(=O)O. The fourth-order valence-corrected chi connectivity index (χ4v) is 3.55. The van der Waals surface area contributed by atoms with Crippen molar-refractivity contribution < 1.29 is 48.9 Å². The summed E-state index contributed by atoms with van der Waals surface area (Å²) in [6, 6.07) is 1.75. The van der Waals surface area contributed by atoms with Crippen LogP contribution in [0, 0.1) is 0 Å². The van der Waals surface area contributed by atoms with E-state index in [1.807, 2.05) is 5.32 Å². The second-order valence-electron chi connectivity index (χ2n) is 8.72. The average Bonchev–Trinajstić information content (AvgIpc) is 3.39. The lowest BCUT2D eigenvalue weighted by molar-refractivity contribution is -0.157. The number of halogens is 1. The van der Waals surface area contributed by atoms with Gasteiger partial charge in [0.05, 0.1) is 24.3 Å². The molecule has 0 aliphatic carbocycles. The van der Waals surface area contributed by atoms with Gasteiger partial charge in [0.15, 0.2) is 6.04 Å². The van der Waals surface area contributed by atoms with Gasteiger partial charge >= 0.3 is 23.9 Å². The first-order valence-corrected chi connectivity index (χ1v) is 12.3. The standard InChI is InChI=1S/C24H31FN6O9/c25-12-3-4-16-14-30(29-28-16)17-8-6-15(7-9-17)21(34)26-13-2-1-5-19(23(37)38)31(40)24(39)27-18(22(35)36)10-11-20(32)33/h6-9,14,18-19,40H,1-5,10-13H2,(H,26,34)(H,27,39)(H,32,33)(H,35,36)(H,37,38)/t18-,19?/m0/s1. The molecule has 0 spiro atoms. The molecule has 218 valence electrons. The number of hydrogen-bond donors (Lipinski definition) is 6. The fourth-order valence-electron chi connectivity index (χ4n) is 3.55. The minimum Gasteiger partial charge on any atom is -0.481 e. The third-order valence-electron chi connectivity index (χ3n) is 5.72. The Morgan fingerprint density at radius 3 is 2.27 bits per heavy atom. The number of aryl methyl sites for hydroxylation is 1. The Morgan fingerprint density at radius 2 is 1.68 bits per heavy atom. The lowest BCUT2D eigenvalue weighted by Crippen LogP contribution is -2.52. The topological polar surface area (TPSA) is 224 Å². The highest BCUT2D eigenvalue weighted by molar-refractivity contribution is 5.94. The molecule has 1 aromatic heterocycles. The van der Waals surface area contributed by atoms with E-state index in [0.29, 0.717) is 36.2 Å². The number of aliphatic carboxylic acids is 3. The van der Waals surface area contributed by atoms with E-state index in [1.54, 1.807) is 30.5 Å². The number of hydrogen-bond acceptors (Lipinski definition) is 8. The molecule has 0 radical (unpaired) electrons. The molecule has 2 atom stereocenters. The minimum atomic E-state index is -1.70. The summed E-state index contributed by atoms with van der Waals surface area (Å²) in [6.07, 6.45) is 1.75. The van der Waals surface area contributed by atoms with Crippen LogP contribution in [0.3, 0.4) is 0 Å². The van der Waals surface area contributed by atoms with Crippen LogP contribution in [0.1, 0.15) is 54.6 Å². The monoisotopic (exact) mass is 566 g/mol. The summed E-state index contributed by atoms with van der Waals surface area (Å²) in [7, 11) is 0. The summed E-state index contributed by atoms with van der Waals surface area (Å²) in [6.45, 7) is -0.276. The number of hydroxylamine groups is 2. The minimum absolute atomic E-state index is 0.141. The first-order chi connectivity index (χ1) is 19.0.